The van der Waals surface area contributed by atoms with Crippen LogP contribution < -0.4 is 34.9 Å². The van der Waals surface area contributed by atoms with Gasteiger partial charge < -0.3 is 23.0 Å². The van der Waals surface area contributed by atoms with Gasteiger partial charge in [-0.3, -0.25) is 9.44 Å². The fraction of sp³-hybridized carbons (Fsp3) is 0.250. The van der Waals surface area contributed by atoms with Gasteiger partial charge in [-0.25, -0.2) is 9.59 Å². The van der Waals surface area contributed by atoms with Crippen LogP contribution >= 0.6 is 23.2 Å². The molecule has 0 fully saturated rings. The number of methoxy groups -OCH3 is 2. The van der Waals surface area contributed by atoms with E-state index in [0.717, 1.165) is 0 Å². The largest absolute Gasteiger partial charge is 0.454 e. The second kappa shape index (κ2) is 18.5. The van der Waals surface area contributed by atoms with E-state index in [0.29, 0.717) is 55.5 Å². The van der Waals surface area contributed by atoms with Gasteiger partial charge in [0.2, 0.25) is 0 Å². The molecule has 6 rings (SSSR count). The van der Waals surface area contributed by atoms with E-state index in [1.807, 2.05) is 0 Å². The number of halogens is 2. The number of rotatable bonds is 18. The highest BCUT2D eigenvalue weighted by molar-refractivity contribution is 7.91. The lowest BCUT2D eigenvalue weighted by Crippen LogP contribution is -2.32. The van der Waals surface area contributed by atoms with Crippen molar-refractivity contribution in [2.24, 2.45) is 0 Å². The second-order valence-corrected chi connectivity index (χ2v) is 17.2. The Kier molecular flexibility index (Phi) is 13.7. The Bertz CT molecular complexity index is 2690. The summed E-state index contributed by atoms with van der Waals surface area (Å²) in [7, 11) is -4.76. The third-order valence-electron chi connectivity index (χ3n) is 9.22. The van der Waals surface area contributed by atoms with Crippen LogP contribution in [0.2, 0.25) is 10.0 Å². The Morgan fingerprint density at radius 3 is 1.41 bits per heavy atom. The normalized spacial score (nSPS) is 12.0. The third-order valence-corrected chi connectivity index (χ3v) is 12.0. The average molecular weight is 888 g/mol. The monoisotopic (exact) mass is 886 g/mol. The van der Waals surface area contributed by atoms with Crippen LogP contribution in [0.1, 0.15) is 33.4 Å². The molecule has 19 heteroatoms. The average Bonchev–Trinajstić information content (AvgIpc) is 3.16. The molecule has 4 N–H and O–H groups in total. The van der Waals surface area contributed by atoms with E-state index in [4.69, 9.17) is 46.2 Å². The molecule has 6 aromatic rings. The van der Waals surface area contributed by atoms with Crippen LogP contribution in [0.3, 0.4) is 0 Å². The van der Waals surface area contributed by atoms with Gasteiger partial charge in [0, 0.05) is 74.2 Å². The molecule has 0 spiro atoms. The minimum Gasteiger partial charge on any atom is -0.454 e. The number of hydrogen-bond acceptors (Lipinski definition) is 11. The Balaban J connectivity index is 1.22. The van der Waals surface area contributed by atoms with Gasteiger partial charge in [-0.15, -0.1) is 0 Å². The highest BCUT2D eigenvalue weighted by Gasteiger charge is 2.20. The summed E-state index contributed by atoms with van der Waals surface area (Å²) in [4.78, 5) is 26.7. The molecule has 59 heavy (non-hydrogen) atoms. The molecule has 0 aliphatic rings. The van der Waals surface area contributed by atoms with E-state index in [2.05, 4.69) is 18.9 Å². The minimum atomic E-state index is -3.85. The maximum Gasteiger partial charge on any atom is 0.340 e. The van der Waals surface area contributed by atoms with Gasteiger partial charge in [0.05, 0.1) is 34.6 Å². The van der Waals surface area contributed by atoms with Gasteiger partial charge in [0.15, 0.2) is 0 Å². The number of ether oxygens (including phenoxy) is 3. The lowest BCUT2D eigenvalue weighted by molar-refractivity contribution is 0.204. The van der Waals surface area contributed by atoms with E-state index >= 15 is 0 Å². The van der Waals surface area contributed by atoms with Crippen molar-refractivity contribution in [1.29, 1.82) is 0 Å². The summed E-state index contributed by atoms with van der Waals surface area (Å²) in [5.41, 5.74) is 3.04. The molecule has 0 bridgehead atoms. The fourth-order valence-electron chi connectivity index (χ4n) is 6.30. The van der Waals surface area contributed by atoms with Crippen LogP contribution in [0.25, 0.3) is 21.9 Å². The number of anilines is 2. The van der Waals surface area contributed by atoms with Crippen LogP contribution in [-0.4, -0.2) is 57.4 Å². The molecular weight excluding hydrogens is 847 g/mol. The molecule has 2 aromatic heterocycles. The van der Waals surface area contributed by atoms with Crippen molar-refractivity contribution in [3.05, 3.63) is 137 Å². The van der Waals surface area contributed by atoms with Gasteiger partial charge >= 0.3 is 11.3 Å². The lowest BCUT2D eigenvalue weighted by Gasteiger charge is -2.14. The Morgan fingerprint density at radius 2 is 1.02 bits per heavy atom. The molecule has 312 valence electrons. The van der Waals surface area contributed by atoms with Crippen molar-refractivity contribution in [1.82, 2.24) is 9.44 Å². The van der Waals surface area contributed by atoms with Crippen LogP contribution in [0, 0.1) is 13.8 Å². The van der Waals surface area contributed by atoms with E-state index in [1.165, 1.54) is 26.4 Å². The number of fused-ring (bicyclic) bond motifs is 2. The van der Waals surface area contributed by atoms with Crippen molar-refractivity contribution in [3.63, 3.8) is 0 Å². The number of hydrogen-bond donors (Lipinski definition) is 4. The zero-order valence-electron chi connectivity index (χ0n) is 32.2. The van der Waals surface area contributed by atoms with Crippen molar-refractivity contribution < 1.29 is 39.9 Å². The molecule has 0 aliphatic heterocycles. The molecule has 0 saturated heterocycles. The first-order valence-corrected chi connectivity index (χ1v) is 21.7. The second-order valence-electron chi connectivity index (χ2n) is 13.4. The van der Waals surface area contributed by atoms with Crippen LogP contribution in [0.4, 0.5) is 11.4 Å². The first-order valence-electron chi connectivity index (χ1n) is 18.0. The van der Waals surface area contributed by atoms with E-state index in [9.17, 15) is 26.4 Å². The van der Waals surface area contributed by atoms with Gasteiger partial charge in [-0.1, -0.05) is 47.5 Å². The Morgan fingerprint density at radius 1 is 0.610 bits per heavy atom. The summed E-state index contributed by atoms with van der Waals surface area (Å²) in [6.07, 6.45) is 0.292. The standard InChI is InChI=1S/C40H40Cl2N4O11S2/c1-23-29-19-33(41)37(21-35(29)56-39(47)31(23)17-25-7-5-9-27(15-25)45-58(49,50)43-11-13-53-3)55-38-22-36-30(20-34(38)42)24(2)32(40(48)57-36)18-26-8-6-10-28(16-26)46-59(51,52)44-12-14-54-4/h5-10,15-16,19-22,43-46H,11-14,17-18H2,1-4H3. The van der Waals surface area contributed by atoms with Crippen LogP contribution in [0.5, 0.6) is 11.5 Å². The molecule has 0 amide bonds. The fourth-order valence-corrected chi connectivity index (χ4v) is 8.43. The maximum absolute atomic E-state index is 13.3. The zero-order chi connectivity index (χ0) is 42.5. The molecule has 0 atom stereocenters. The maximum atomic E-state index is 13.3. The molecule has 0 unspecified atom stereocenters. The topological polar surface area (TPSA) is 205 Å². The van der Waals surface area contributed by atoms with Gasteiger partial charge in [-0.2, -0.15) is 26.3 Å². The highest BCUT2D eigenvalue weighted by atomic mass is 35.5. The van der Waals surface area contributed by atoms with E-state index in [1.54, 1.807) is 74.5 Å². The lowest BCUT2D eigenvalue weighted by atomic mass is 9.99. The quantitative estimate of drug-likeness (QED) is 0.0536. The predicted octanol–water partition coefficient (Wildman–Crippen LogP) is 6.58. The third kappa shape index (κ3) is 10.8. The summed E-state index contributed by atoms with van der Waals surface area (Å²) in [6, 6.07) is 19.4. The van der Waals surface area contributed by atoms with Crippen molar-refractivity contribution in [3.8, 4) is 11.5 Å². The van der Waals surface area contributed by atoms with Crippen molar-refractivity contribution in [2.45, 2.75) is 26.7 Å². The molecule has 0 saturated carbocycles. The molecule has 4 aromatic carbocycles. The first-order chi connectivity index (χ1) is 28.1. The molecule has 0 aliphatic carbocycles. The SMILES string of the molecule is COCCNS(=O)(=O)Nc1cccc(Cc2c(C)c3cc(Cl)c(Oc4cc5oc(=O)c(Cc6cccc(NS(=O)(=O)NCCOC)c6)c(C)c5cc4Cl)cc3oc2=O)c1. The first kappa shape index (κ1) is 43.6. The van der Waals surface area contributed by atoms with Gasteiger partial charge in [0.25, 0.3) is 20.4 Å². The highest BCUT2D eigenvalue weighted by Crippen LogP contribution is 2.39. The zero-order valence-corrected chi connectivity index (χ0v) is 35.4. The predicted molar refractivity (Wildman–Crippen MR) is 228 cm³/mol. The number of benzene rings is 4. The Labute approximate surface area is 349 Å². The number of nitrogens with one attached hydrogen (secondary N) is 4. The summed E-state index contributed by atoms with van der Waals surface area (Å²) in [5, 5.41) is 1.46. The molecule has 0 radical (unpaired) electrons. The Hall–Kier alpha value is -4.98. The van der Waals surface area contributed by atoms with Gasteiger partial charge in [0.1, 0.15) is 22.7 Å². The van der Waals surface area contributed by atoms with Crippen molar-refractivity contribution in [2.75, 3.05) is 50.0 Å². The summed E-state index contributed by atoms with van der Waals surface area (Å²) in [6.45, 7) is 4.13. The summed E-state index contributed by atoms with van der Waals surface area (Å²) in [5.74, 6) is 0.241. The van der Waals surface area contributed by atoms with Crippen molar-refractivity contribution >= 4 is 76.9 Å². The van der Waals surface area contributed by atoms with E-state index < -0.39 is 31.7 Å². The van der Waals surface area contributed by atoms with Gasteiger partial charge in [-0.05, 0) is 72.5 Å². The number of aryl methyl sites for hydroxylation is 2. The van der Waals surface area contributed by atoms with E-state index in [-0.39, 0.29) is 71.9 Å². The molecule has 2 heterocycles. The van der Waals surface area contributed by atoms with Crippen LogP contribution in [-0.2, 0) is 42.7 Å². The minimum absolute atomic E-state index is 0.0947. The summed E-state index contributed by atoms with van der Waals surface area (Å²) < 4.78 is 86.6. The van der Waals surface area contributed by atoms with Crippen LogP contribution in [0.15, 0.2) is 91.2 Å². The summed E-state index contributed by atoms with van der Waals surface area (Å²) >= 11 is 13.4. The molecular formula is C40H40Cl2N4O11S2. The molecule has 15 nitrogen and oxygen atoms in total. The smallest absolute Gasteiger partial charge is 0.340 e.